The maximum absolute atomic E-state index is 2.50. The molecule has 13 aromatic carbocycles. The highest BCUT2D eigenvalue weighted by atomic mass is 32.1. The molecule has 0 fully saturated rings. The summed E-state index contributed by atoms with van der Waals surface area (Å²) in [7, 11) is 0. The number of fused-ring (bicyclic) bond motifs is 13. The minimum absolute atomic E-state index is 1.02. The first kappa shape index (κ1) is 44.3. The molecule has 0 spiro atoms. The molecule has 2 nitrogen and oxygen atoms in total. The maximum atomic E-state index is 2.50. The van der Waals surface area contributed by atoms with E-state index in [0.29, 0.717) is 0 Å². The summed E-state index contributed by atoms with van der Waals surface area (Å²) in [6.07, 6.45) is 6.78. The van der Waals surface area contributed by atoms with E-state index in [0.717, 1.165) is 12.8 Å². The van der Waals surface area contributed by atoms with Crippen molar-refractivity contribution in [3.63, 3.8) is 0 Å². The lowest BCUT2D eigenvalue weighted by atomic mass is 9.84. The maximum Gasteiger partial charge on any atom is 0.0541 e. The van der Waals surface area contributed by atoms with Crippen LogP contribution in [0.15, 0.2) is 261 Å². The van der Waals surface area contributed by atoms with Gasteiger partial charge in [-0.2, -0.15) is 0 Å². The Labute approximate surface area is 460 Å². The highest BCUT2D eigenvalue weighted by molar-refractivity contribution is 7.26. The van der Waals surface area contributed by atoms with Crippen LogP contribution in [-0.2, 0) is 6.42 Å². The van der Waals surface area contributed by atoms with Gasteiger partial charge in [0.25, 0.3) is 0 Å². The van der Waals surface area contributed by atoms with Gasteiger partial charge in [-0.1, -0.05) is 194 Å². The molecule has 3 heterocycles. The van der Waals surface area contributed by atoms with E-state index in [4.69, 9.17) is 0 Å². The number of nitrogens with zero attached hydrogens (tertiary/aromatic N) is 2. The van der Waals surface area contributed by atoms with Crippen molar-refractivity contribution in [2.24, 2.45) is 0 Å². The van der Waals surface area contributed by atoms with E-state index in [-0.39, 0.29) is 0 Å². The first-order chi connectivity index (χ1) is 39.2. The summed E-state index contributed by atoms with van der Waals surface area (Å²) in [5.74, 6) is 0. The standard InChI is InChI=1S/C76H48N2S/c1-3-20-50(21-4-1)77-66-35-17-15-24-52(66)63-44-47(38-41-68(63)77)72-54-26-7-9-28-56(54)74(57-29-10-8-27-55(57)72)49-40-43-70-65(46-49)76-62(34-19-37-71(76)79-70)75-60-32-13-11-30-58(60)73(59-31-12-14-33-61(59)75)48-39-42-69-64(45-48)53-25-16-18-36-67(53)78(69)51-22-5-2-6-23-51/h1-17,19-35,37-46H,18,36H2. The molecule has 0 N–H and O–H groups in total. The van der Waals surface area contributed by atoms with Crippen LogP contribution in [0.5, 0.6) is 0 Å². The molecular formula is C76H48N2S. The Kier molecular flexibility index (Phi) is 9.74. The number of aromatic nitrogens is 2. The third-order valence-electron chi connectivity index (χ3n) is 17.1. The Morgan fingerprint density at radius 3 is 1.32 bits per heavy atom. The average molecular weight is 1020 g/mol. The molecule has 0 radical (unpaired) electrons. The van der Waals surface area contributed by atoms with Crippen LogP contribution in [0.2, 0.25) is 0 Å². The van der Waals surface area contributed by atoms with E-state index >= 15 is 0 Å². The van der Waals surface area contributed by atoms with Gasteiger partial charge in [-0.15, -0.1) is 11.3 Å². The summed E-state index contributed by atoms with van der Waals surface area (Å²) >= 11 is 1.90. The summed E-state index contributed by atoms with van der Waals surface area (Å²) in [6.45, 7) is 0. The van der Waals surface area contributed by atoms with Crippen molar-refractivity contribution in [1.29, 1.82) is 0 Å². The number of hydrogen-bond donors (Lipinski definition) is 0. The Bertz CT molecular complexity index is 5130. The Hall–Kier alpha value is -9.80. The number of allylic oxidation sites excluding steroid dienone is 1. The fourth-order valence-electron chi connectivity index (χ4n) is 13.9. The topological polar surface area (TPSA) is 9.86 Å². The van der Waals surface area contributed by atoms with Gasteiger partial charge in [-0.05, 0) is 173 Å². The van der Waals surface area contributed by atoms with Gasteiger partial charge in [-0.3, -0.25) is 0 Å². The van der Waals surface area contributed by atoms with E-state index in [1.54, 1.807) is 0 Å². The first-order valence-corrected chi connectivity index (χ1v) is 28.4. The van der Waals surface area contributed by atoms with Gasteiger partial charge in [0.2, 0.25) is 0 Å². The summed E-state index contributed by atoms with van der Waals surface area (Å²) in [5.41, 5.74) is 18.8. The Morgan fingerprint density at radius 1 is 0.304 bits per heavy atom. The normalized spacial score (nSPS) is 12.7. The lowest BCUT2D eigenvalue weighted by Gasteiger charge is -2.19. The molecular weight excluding hydrogens is 973 g/mol. The van der Waals surface area contributed by atoms with Crippen LogP contribution in [0.4, 0.5) is 0 Å². The van der Waals surface area contributed by atoms with Crippen LogP contribution in [0.1, 0.15) is 17.7 Å². The molecule has 17 rings (SSSR count). The van der Waals surface area contributed by atoms with Gasteiger partial charge >= 0.3 is 0 Å². The molecule has 16 aromatic rings. The van der Waals surface area contributed by atoms with Crippen LogP contribution in [0, 0.1) is 0 Å². The third-order valence-corrected chi connectivity index (χ3v) is 18.3. The van der Waals surface area contributed by atoms with Crippen LogP contribution < -0.4 is 0 Å². The van der Waals surface area contributed by atoms with Gasteiger partial charge in [0.1, 0.15) is 0 Å². The molecule has 0 aliphatic heterocycles. The fourth-order valence-corrected chi connectivity index (χ4v) is 15.0. The van der Waals surface area contributed by atoms with E-state index in [1.807, 2.05) is 11.3 Å². The molecule has 0 amide bonds. The van der Waals surface area contributed by atoms with E-state index in [9.17, 15) is 0 Å². The predicted octanol–water partition coefficient (Wildman–Crippen LogP) is 21.3. The lowest BCUT2D eigenvalue weighted by molar-refractivity contribution is 0.888. The summed E-state index contributed by atoms with van der Waals surface area (Å²) in [6, 6.07) is 95.4. The fraction of sp³-hybridized carbons (Fsp3) is 0.0263. The minimum Gasteiger partial charge on any atom is -0.313 e. The largest absolute Gasteiger partial charge is 0.313 e. The van der Waals surface area contributed by atoms with E-state index in [1.165, 1.54) is 163 Å². The quantitative estimate of drug-likeness (QED) is 0.147. The van der Waals surface area contributed by atoms with Gasteiger partial charge in [-0.25, -0.2) is 0 Å². The Balaban J connectivity index is 0.864. The van der Waals surface area contributed by atoms with Crippen LogP contribution >= 0.6 is 11.3 Å². The van der Waals surface area contributed by atoms with Crippen molar-refractivity contribution in [3.05, 3.63) is 272 Å². The summed E-state index contributed by atoms with van der Waals surface area (Å²) < 4.78 is 7.47. The van der Waals surface area contributed by atoms with Crippen LogP contribution in [-0.4, -0.2) is 9.13 Å². The number of rotatable bonds is 6. The van der Waals surface area contributed by atoms with Crippen LogP contribution in [0.25, 0.3) is 158 Å². The molecule has 79 heavy (non-hydrogen) atoms. The predicted molar refractivity (Wildman–Crippen MR) is 340 cm³/mol. The molecule has 0 unspecified atom stereocenters. The van der Waals surface area contributed by atoms with E-state index in [2.05, 4.69) is 276 Å². The average Bonchev–Trinajstić information content (AvgIpc) is 4.40. The number of hydrogen-bond acceptors (Lipinski definition) is 1. The zero-order valence-corrected chi connectivity index (χ0v) is 43.9. The van der Waals surface area contributed by atoms with E-state index < -0.39 is 0 Å². The minimum atomic E-state index is 1.02. The second-order valence-electron chi connectivity index (χ2n) is 21.3. The third kappa shape index (κ3) is 6.58. The second-order valence-corrected chi connectivity index (χ2v) is 22.4. The lowest BCUT2D eigenvalue weighted by Crippen LogP contribution is -2.02. The second kappa shape index (κ2) is 17.4. The molecule has 1 aliphatic rings. The van der Waals surface area contributed by atoms with Gasteiger partial charge in [0.15, 0.2) is 0 Å². The van der Waals surface area contributed by atoms with Crippen molar-refractivity contribution in [2.75, 3.05) is 0 Å². The molecule has 0 atom stereocenters. The molecule has 0 saturated heterocycles. The monoisotopic (exact) mass is 1020 g/mol. The highest BCUT2D eigenvalue weighted by Crippen LogP contribution is 2.51. The van der Waals surface area contributed by atoms with Crippen LogP contribution in [0.3, 0.4) is 0 Å². The molecule has 368 valence electrons. The smallest absolute Gasteiger partial charge is 0.0541 e. The van der Waals surface area contributed by atoms with Crippen molar-refractivity contribution in [3.8, 4) is 55.9 Å². The molecule has 1 aliphatic carbocycles. The molecule has 0 saturated carbocycles. The first-order valence-electron chi connectivity index (χ1n) is 27.5. The summed E-state index contributed by atoms with van der Waals surface area (Å²) in [5, 5.41) is 16.5. The molecule has 3 aromatic heterocycles. The van der Waals surface area contributed by atoms with Gasteiger partial charge in [0, 0.05) is 59.0 Å². The summed E-state index contributed by atoms with van der Waals surface area (Å²) in [4.78, 5) is 0. The molecule has 3 heteroatoms. The SMILES string of the molecule is C1=Cc2c(n(-c3ccccc3)c3ccc(-c4c5ccccc5c(-c5cccc6sc7ccc(-c8c9ccccc9c(-c9ccc%10c(c9)c9ccccc9n%10-c9ccccc9)c9ccccc89)cc7c56)c5ccccc45)cc23)CC1. The number of para-hydroxylation sites is 3. The van der Waals surface area contributed by atoms with Gasteiger partial charge in [0.05, 0.1) is 16.6 Å². The van der Waals surface area contributed by atoms with Gasteiger partial charge < -0.3 is 9.13 Å². The van der Waals surface area contributed by atoms with Crippen molar-refractivity contribution in [1.82, 2.24) is 9.13 Å². The van der Waals surface area contributed by atoms with Crippen molar-refractivity contribution < 1.29 is 0 Å². The highest BCUT2D eigenvalue weighted by Gasteiger charge is 2.25. The Morgan fingerprint density at radius 2 is 0.747 bits per heavy atom. The molecule has 0 bridgehead atoms. The number of thiophene rings is 1. The number of benzene rings is 13. The van der Waals surface area contributed by atoms with Crippen molar-refractivity contribution >= 4 is 113 Å². The van der Waals surface area contributed by atoms with Crippen molar-refractivity contribution in [2.45, 2.75) is 12.8 Å². The zero-order valence-electron chi connectivity index (χ0n) is 43.1. The zero-order chi connectivity index (χ0) is 51.7.